The van der Waals surface area contributed by atoms with Crippen molar-refractivity contribution in [3.05, 3.63) is 71.2 Å². The van der Waals surface area contributed by atoms with Crippen LogP contribution in [0.15, 0.2) is 65.6 Å². The molecule has 0 spiro atoms. The Morgan fingerprint density at radius 2 is 1.48 bits per heavy atom. The summed E-state index contributed by atoms with van der Waals surface area (Å²) in [5.74, 6) is 0.331. The highest BCUT2D eigenvalue weighted by molar-refractivity contribution is 7.92. The van der Waals surface area contributed by atoms with Crippen LogP contribution >= 0.6 is 11.6 Å². The van der Waals surface area contributed by atoms with E-state index in [0.717, 1.165) is 9.87 Å². The Morgan fingerprint density at radius 1 is 0.841 bits per heavy atom. The minimum atomic E-state index is -4.44. The molecule has 3 aromatic carbocycles. The number of sulfonamides is 1. The van der Waals surface area contributed by atoms with Crippen molar-refractivity contribution in [2.75, 3.05) is 45.8 Å². The molecule has 0 aliphatic rings. The molecule has 44 heavy (non-hydrogen) atoms. The van der Waals surface area contributed by atoms with E-state index in [9.17, 15) is 18.0 Å². The number of amides is 2. The van der Waals surface area contributed by atoms with E-state index in [2.05, 4.69) is 5.32 Å². The fourth-order valence-corrected chi connectivity index (χ4v) is 6.21. The van der Waals surface area contributed by atoms with Crippen LogP contribution in [-0.2, 0) is 26.2 Å². The van der Waals surface area contributed by atoms with Crippen molar-refractivity contribution in [3.8, 4) is 23.0 Å². The zero-order chi connectivity index (χ0) is 32.4. The number of halogens is 1. The van der Waals surface area contributed by atoms with Crippen LogP contribution in [0.1, 0.15) is 25.8 Å². The number of hydrogen-bond acceptors (Lipinski definition) is 8. The average Bonchev–Trinajstić information content (AvgIpc) is 3.03. The lowest BCUT2D eigenvalue weighted by Gasteiger charge is -2.33. The predicted molar refractivity (Wildman–Crippen MR) is 168 cm³/mol. The van der Waals surface area contributed by atoms with Gasteiger partial charge in [0, 0.05) is 24.2 Å². The molecule has 0 bridgehead atoms. The highest BCUT2D eigenvalue weighted by Gasteiger charge is 2.35. The summed E-state index contributed by atoms with van der Waals surface area (Å²) in [6.45, 7) is 3.30. The van der Waals surface area contributed by atoms with Crippen LogP contribution in [0.4, 0.5) is 5.69 Å². The Bertz CT molecular complexity index is 1550. The van der Waals surface area contributed by atoms with E-state index in [1.807, 2.05) is 0 Å². The molecule has 2 amide bonds. The van der Waals surface area contributed by atoms with Crippen LogP contribution in [0.2, 0.25) is 5.02 Å². The standard InChI is InChI=1S/C31H38ClN3O8S/c1-7-25(31(37)33-8-2)34(19-21-9-12-23(40-3)13-10-21)30(36)20-35(26-17-22(32)11-15-27(26)41-4)44(38,39)24-14-16-28(42-5)29(18-24)43-6/h9-18,25H,7-8,19-20H2,1-6H3,(H,33,37)/t25-/m1/s1. The first kappa shape index (κ1) is 34.3. The van der Waals surface area contributed by atoms with Crippen molar-refractivity contribution in [3.63, 3.8) is 0 Å². The predicted octanol–water partition coefficient (Wildman–Crippen LogP) is 4.51. The summed E-state index contributed by atoms with van der Waals surface area (Å²) in [7, 11) is 1.31. The van der Waals surface area contributed by atoms with Gasteiger partial charge in [-0.3, -0.25) is 13.9 Å². The number of hydrogen-bond donors (Lipinski definition) is 1. The number of ether oxygens (including phenoxy) is 4. The molecule has 0 saturated heterocycles. The normalized spacial score (nSPS) is 11.7. The van der Waals surface area contributed by atoms with E-state index in [-0.39, 0.29) is 46.0 Å². The molecule has 0 aliphatic heterocycles. The van der Waals surface area contributed by atoms with Gasteiger partial charge in [-0.15, -0.1) is 0 Å². The van der Waals surface area contributed by atoms with E-state index in [4.69, 9.17) is 30.5 Å². The molecular weight excluding hydrogens is 610 g/mol. The van der Waals surface area contributed by atoms with Gasteiger partial charge in [-0.05, 0) is 61.4 Å². The molecule has 1 atom stereocenters. The molecule has 0 unspecified atom stereocenters. The van der Waals surface area contributed by atoms with Crippen molar-refractivity contribution in [1.82, 2.24) is 10.2 Å². The third kappa shape index (κ3) is 7.86. The molecular formula is C31H38ClN3O8S. The van der Waals surface area contributed by atoms with Crippen LogP contribution in [0.5, 0.6) is 23.0 Å². The van der Waals surface area contributed by atoms with E-state index < -0.39 is 28.5 Å². The number of anilines is 1. The maximum atomic E-state index is 14.3. The van der Waals surface area contributed by atoms with Gasteiger partial charge >= 0.3 is 0 Å². The lowest BCUT2D eigenvalue weighted by molar-refractivity contribution is -0.140. The molecule has 0 saturated carbocycles. The smallest absolute Gasteiger partial charge is 0.265 e. The summed E-state index contributed by atoms with van der Waals surface area (Å²) < 4.78 is 50.9. The molecule has 13 heteroatoms. The first-order chi connectivity index (χ1) is 21.0. The van der Waals surface area contributed by atoms with Crippen LogP contribution < -0.4 is 28.6 Å². The van der Waals surface area contributed by atoms with Gasteiger partial charge in [0.25, 0.3) is 10.0 Å². The van der Waals surface area contributed by atoms with E-state index in [1.165, 1.54) is 56.6 Å². The minimum Gasteiger partial charge on any atom is -0.497 e. The van der Waals surface area contributed by atoms with Crippen molar-refractivity contribution in [2.45, 2.75) is 37.8 Å². The fourth-order valence-electron chi connectivity index (χ4n) is 4.61. The van der Waals surface area contributed by atoms with E-state index in [1.54, 1.807) is 51.3 Å². The third-order valence-corrected chi connectivity index (χ3v) is 8.87. The van der Waals surface area contributed by atoms with Crippen LogP contribution in [0.3, 0.4) is 0 Å². The number of benzene rings is 3. The molecule has 1 N–H and O–H groups in total. The number of nitrogens with one attached hydrogen (secondary N) is 1. The quantitative estimate of drug-likeness (QED) is 0.256. The third-order valence-electron chi connectivity index (χ3n) is 6.88. The monoisotopic (exact) mass is 647 g/mol. The minimum absolute atomic E-state index is 0.0371. The molecule has 11 nitrogen and oxygen atoms in total. The van der Waals surface area contributed by atoms with E-state index in [0.29, 0.717) is 18.0 Å². The summed E-state index contributed by atoms with van der Waals surface area (Å²) in [5, 5.41) is 3.00. The molecule has 0 aromatic heterocycles. The Kier molecular flexibility index (Phi) is 12.1. The second kappa shape index (κ2) is 15.5. The number of nitrogens with zero attached hydrogens (tertiary/aromatic N) is 2. The number of methoxy groups -OCH3 is 4. The highest BCUT2D eigenvalue weighted by atomic mass is 35.5. The van der Waals surface area contributed by atoms with Crippen LogP contribution in [0.25, 0.3) is 0 Å². The molecule has 0 aliphatic carbocycles. The topological polar surface area (TPSA) is 124 Å². The van der Waals surface area contributed by atoms with Crippen molar-refractivity contribution >= 4 is 39.1 Å². The zero-order valence-electron chi connectivity index (χ0n) is 25.6. The van der Waals surface area contributed by atoms with Gasteiger partial charge in [0.1, 0.15) is 24.1 Å². The number of rotatable bonds is 15. The lowest BCUT2D eigenvalue weighted by atomic mass is 10.1. The fraction of sp³-hybridized carbons (Fsp3) is 0.355. The SMILES string of the molecule is CCNC(=O)[C@@H](CC)N(Cc1ccc(OC)cc1)C(=O)CN(c1cc(Cl)ccc1OC)S(=O)(=O)c1ccc(OC)c(OC)c1. The molecule has 0 heterocycles. The molecule has 0 radical (unpaired) electrons. The highest BCUT2D eigenvalue weighted by Crippen LogP contribution is 2.37. The Hall–Kier alpha value is -4.16. The van der Waals surface area contributed by atoms with Gasteiger partial charge in [-0.1, -0.05) is 30.7 Å². The van der Waals surface area contributed by atoms with Gasteiger partial charge in [0.05, 0.1) is 39.0 Å². The molecule has 3 aromatic rings. The van der Waals surface area contributed by atoms with Crippen molar-refractivity contribution in [2.24, 2.45) is 0 Å². The summed E-state index contributed by atoms with van der Waals surface area (Å²) in [6, 6.07) is 14.7. The van der Waals surface area contributed by atoms with Crippen molar-refractivity contribution in [1.29, 1.82) is 0 Å². The van der Waals surface area contributed by atoms with Crippen LogP contribution in [0, 0.1) is 0 Å². The summed E-state index contributed by atoms with van der Waals surface area (Å²) in [5.41, 5.74) is 0.759. The average molecular weight is 648 g/mol. The van der Waals surface area contributed by atoms with Gasteiger partial charge in [-0.25, -0.2) is 8.42 Å². The van der Waals surface area contributed by atoms with Crippen LogP contribution in [-0.4, -0.2) is 72.7 Å². The zero-order valence-corrected chi connectivity index (χ0v) is 27.2. The first-order valence-corrected chi connectivity index (χ1v) is 15.6. The van der Waals surface area contributed by atoms with Gasteiger partial charge in [-0.2, -0.15) is 0 Å². The Morgan fingerprint density at radius 3 is 2.05 bits per heavy atom. The number of carbonyl (C=O) groups is 2. The van der Waals surface area contributed by atoms with Gasteiger partial charge in [0.2, 0.25) is 11.8 Å². The molecule has 3 rings (SSSR count). The molecule has 238 valence electrons. The second-order valence-corrected chi connectivity index (χ2v) is 11.8. The number of carbonyl (C=O) groups excluding carboxylic acids is 2. The van der Waals surface area contributed by atoms with Gasteiger partial charge < -0.3 is 29.2 Å². The first-order valence-electron chi connectivity index (χ1n) is 13.8. The summed E-state index contributed by atoms with van der Waals surface area (Å²) in [4.78, 5) is 28.6. The lowest BCUT2D eigenvalue weighted by Crippen LogP contribution is -2.52. The second-order valence-electron chi connectivity index (χ2n) is 9.53. The number of likely N-dealkylation sites (N-methyl/N-ethyl adjacent to an activating group) is 1. The maximum Gasteiger partial charge on any atom is 0.265 e. The Balaban J connectivity index is 2.16. The summed E-state index contributed by atoms with van der Waals surface area (Å²) in [6.07, 6.45) is 0.288. The van der Waals surface area contributed by atoms with E-state index >= 15 is 0 Å². The largest absolute Gasteiger partial charge is 0.497 e. The maximum absolute atomic E-state index is 14.3. The van der Waals surface area contributed by atoms with Crippen molar-refractivity contribution < 1.29 is 37.0 Å². The summed E-state index contributed by atoms with van der Waals surface area (Å²) >= 11 is 6.31. The molecule has 0 fully saturated rings. The Labute approximate surface area is 263 Å². The van der Waals surface area contributed by atoms with Gasteiger partial charge in [0.15, 0.2) is 11.5 Å².